The van der Waals surface area contributed by atoms with Crippen LogP contribution in [0.2, 0.25) is 0 Å². The molecule has 8 heteroatoms. The summed E-state index contributed by atoms with van der Waals surface area (Å²) in [5.41, 5.74) is 2.76. The van der Waals surface area contributed by atoms with Gasteiger partial charge in [0.1, 0.15) is 11.5 Å². The van der Waals surface area contributed by atoms with Crippen molar-refractivity contribution in [1.29, 1.82) is 0 Å². The molecule has 4 rings (SSSR count). The third-order valence-electron chi connectivity index (χ3n) is 4.35. The van der Waals surface area contributed by atoms with E-state index < -0.39 is 17.5 Å². The highest BCUT2D eigenvalue weighted by Crippen LogP contribution is 2.43. The van der Waals surface area contributed by atoms with Gasteiger partial charge in [-0.25, -0.2) is 0 Å². The predicted octanol–water partition coefficient (Wildman–Crippen LogP) is 4.46. The quantitative estimate of drug-likeness (QED) is 0.504. The number of aromatic nitrogens is 2. The number of fused-ring (bicyclic) bond motifs is 3. The number of hydrogen-bond donors (Lipinski definition) is 3. The summed E-state index contributed by atoms with van der Waals surface area (Å²) in [6.45, 7) is 0. The fraction of sp³-hybridized carbons (Fsp3) is 0.167. The van der Waals surface area contributed by atoms with Gasteiger partial charge in [-0.2, -0.15) is 18.3 Å². The summed E-state index contributed by atoms with van der Waals surface area (Å²) < 4.78 is 44.2. The zero-order valence-electron chi connectivity index (χ0n) is 13.6. The van der Waals surface area contributed by atoms with E-state index in [2.05, 4.69) is 15.5 Å². The van der Waals surface area contributed by atoms with Crippen LogP contribution >= 0.6 is 0 Å². The minimum atomic E-state index is -4.55. The summed E-state index contributed by atoms with van der Waals surface area (Å²) in [6.07, 6.45) is -4.01. The van der Waals surface area contributed by atoms with Crippen molar-refractivity contribution in [1.82, 2.24) is 10.2 Å². The number of ether oxygens (including phenoxy) is 1. The summed E-state index contributed by atoms with van der Waals surface area (Å²) in [4.78, 5) is 0. The molecule has 0 bridgehead atoms. The summed E-state index contributed by atoms with van der Waals surface area (Å²) in [5.74, 6) is 0.686. The molecule has 26 heavy (non-hydrogen) atoms. The van der Waals surface area contributed by atoms with Gasteiger partial charge in [0, 0.05) is 34.9 Å². The Morgan fingerprint density at radius 2 is 2.00 bits per heavy atom. The number of methoxy groups -OCH3 is 1. The molecule has 1 heterocycles. The topological polar surface area (TPSA) is 70.2 Å². The average molecular weight is 361 g/mol. The minimum Gasteiger partial charge on any atom is -0.508 e. The Bertz CT molecular complexity index is 996. The molecule has 0 fully saturated rings. The van der Waals surface area contributed by atoms with Crippen molar-refractivity contribution in [3.63, 3.8) is 0 Å². The number of aromatic amines is 1. The fourth-order valence-corrected chi connectivity index (χ4v) is 3.20. The minimum absolute atomic E-state index is 0.106. The van der Waals surface area contributed by atoms with Gasteiger partial charge in [0.2, 0.25) is 0 Å². The van der Waals surface area contributed by atoms with Crippen LogP contribution in [0.25, 0.3) is 11.3 Å². The zero-order chi connectivity index (χ0) is 18.5. The largest absolute Gasteiger partial charge is 0.508 e. The maximum atomic E-state index is 12.9. The smallest absolute Gasteiger partial charge is 0.416 e. The molecule has 1 aliphatic rings. The van der Waals surface area contributed by atoms with Crippen molar-refractivity contribution in [3.8, 4) is 22.8 Å². The van der Waals surface area contributed by atoms with Gasteiger partial charge in [0.15, 0.2) is 5.82 Å². The van der Waals surface area contributed by atoms with Crippen molar-refractivity contribution in [3.05, 3.63) is 53.1 Å². The molecule has 0 unspecified atom stereocenters. The highest BCUT2D eigenvalue weighted by atomic mass is 19.4. The Balaban J connectivity index is 1.70. The number of hydrogen-bond acceptors (Lipinski definition) is 4. The number of aromatic hydroxyl groups is 1. The molecule has 0 radical (unpaired) electrons. The van der Waals surface area contributed by atoms with E-state index in [-0.39, 0.29) is 5.69 Å². The number of H-pyrrole nitrogens is 1. The molecule has 0 atom stereocenters. The molecule has 2 aromatic carbocycles. The lowest BCUT2D eigenvalue weighted by Gasteiger charge is -2.11. The first kappa shape index (κ1) is 16.3. The van der Waals surface area contributed by atoms with E-state index in [1.165, 1.54) is 6.07 Å². The standard InChI is InChI=1S/C18H14F3N3O2/c1-26-15-4-2-3-12-13(15)8-14-16(12)23-24-17(14)22-10-5-9(18(19,20)21)6-11(25)7-10/h2-7,25H,8H2,1H3,(H2,22,23,24). The van der Waals surface area contributed by atoms with Crippen LogP contribution in [0.1, 0.15) is 16.7 Å². The van der Waals surface area contributed by atoms with Crippen LogP contribution < -0.4 is 10.1 Å². The van der Waals surface area contributed by atoms with E-state index in [1.54, 1.807) is 7.11 Å². The number of rotatable bonds is 3. The molecule has 3 N–H and O–H groups in total. The molecule has 0 aliphatic heterocycles. The van der Waals surface area contributed by atoms with Crippen LogP contribution in [-0.2, 0) is 12.6 Å². The van der Waals surface area contributed by atoms with Gasteiger partial charge in [-0.3, -0.25) is 5.10 Å². The Morgan fingerprint density at radius 3 is 2.73 bits per heavy atom. The number of phenolic OH excluding ortho intramolecular Hbond substituents is 1. The van der Waals surface area contributed by atoms with Gasteiger partial charge in [-0.15, -0.1) is 0 Å². The van der Waals surface area contributed by atoms with Crippen LogP contribution in [0.15, 0.2) is 36.4 Å². The number of nitrogens with one attached hydrogen (secondary N) is 2. The Morgan fingerprint density at radius 1 is 1.19 bits per heavy atom. The number of benzene rings is 2. The van der Waals surface area contributed by atoms with E-state index in [0.29, 0.717) is 18.3 Å². The summed E-state index contributed by atoms with van der Waals surface area (Å²) in [6, 6.07) is 8.49. The first-order valence-electron chi connectivity index (χ1n) is 7.78. The molecular weight excluding hydrogens is 347 g/mol. The van der Waals surface area contributed by atoms with Crippen molar-refractivity contribution < 1.29 is 23.0 Å². The van der Waals surface area contributed by atoms with Gasteiger partial charge in [-0.1, -0.05) is 12.1 Å². The maximum Gasteiger partial charge on any atom is 0.416 e. The van der Waals surface area contributed by atoms with Crippen molar-refractivity contribution >= 4 is 11.5 Å². The lowest BCUT2D eigenvalue weighted by atomic mass is 10.1. The molecule has 0 amide bonds. The second kappa shape index (κ2) is 5.69. The van der Waals surface area contributed by atoms with Crippen LogP contribution in [0.3, 0.4) is 0 Å². The summed E-state index contributed by atoms with van der Waals surface area (Å²) in [5, 5.41) is 19.6. The lowest BCUT2D eigenvalue weighted by molar-refractivity contribution is -0.137. The summed E-state index contributed by atoms with van der Waals surface area (Å²) >= 11 is 0. The molecule has 5 nitrogen and oxygen atoms in total. The SMILES string of the molecule is COc1cccc2c1Cc1c(Nc3cc(O)cc(C(F)(F)F)c3)n[nH]c1-2. The van der Waals surface area contributed by atoms with Crippen LogP contribution in [-0.4, -0.2) is 22.4 Å². The third-order valence-corrected chi connectivity index (χ3v) is 4.35. The molecule has 1 aromatic heterocycles. The molecule has 0 saturated carbocycles. The number of halogens is 3. The van der Waals surface area contributed by atoms with Gasteiger partial charge < -0.3 is 15.2 Å². The first-order valence-corrected chi connectivity index (χ1v) is 7.78. The Hall–Kier alpha value is -3.16. The van der Waals surface area contributed by atoms with E-state index in [1.807, 2.05) is 18.2 Å². The van der Waals surface area contributed by atoms with E-state index >= 15 is 0 Å². The van der Waals surface area contributed by atoms with Crippen LogP contribution in [0.5, 0.6) is 11.5 Å². The monoisotopic (exact) mass is 361 g/mol. The van der Waals surface area contributed by atoms with E-state index in [4.69, 9.17) is 4.74 Å². The number of alkyl halides is 3. The highest BCUT2D eigenvalue weighted by Gasteiger charge is 2.32. The zero-order valence-corrected chi connectivity index (χ0v) is 13.6. The molecule has 0 saturated heterocycles. The maximum absolute atomic E-state index is 12.9. The second-order valence-corrected chi connectivity index (χ2v) is 5.98. The Labute approximate surface area is 146 Å². The first-order chi connectivity index (χ1) is 12.4. The molecular formula is C18H14F3N3O2. The number of anilines is 2. The van der Waals surface area contributed by atoms with E-state index in [9.17, 15) is 18.3 Å². The second-order valence-electron chi connectivity index (χ2n) is 5.98. The molecule has 3 aromatic rings. The van der Waals surface area contributed by atoms with Crippen molar-refractivity contribution in [2.75, 3.05) is 12.4 Å². The predicted molar refractivity (Wildman–Crippen MR) is 89.8 cm³/mol. The van der Waals surface area contributed by atoms with Crippen LogP contribution in [0, 0.1) is 0 Å². The summed E-state index contributed by atoms with van der Waals surface area (Å²) in [7, 11) is 1.59. The van der Waals surface area contributed by atoms with Gasteiger partial charge in [0.25, 0.3) is 0 Å². The van der Waals surface area contributed by atoms with Gasteiger partial charge in [-0.05, 0) is 18.2 Å². The van der Waals surface area contributed by atoms with Gasteiger partial charge in [0.05, 0.1) is 18.4 Å². The fourth-order valence-electron chi connectivity index (χ4n) is 3.20. The molecule has 1 aliphatic carbocycles. The van der Waals surface area contributed by atoms with E-state index in [0.717, 1.165) is 34.2 Å². The average Bonchev–Trinajstić information content (AvgIpc) is 3.13. The van der Waals surface area contributed by atoms with Gasteiger partial charge >= 0.3 is 6.18 Å². The lowest BCUT2D eigenvalue weighted by Crippen LogP contribution is -2.05. The normalized spacial score (nSPS) is 12.6. The number of phenols is 1. The van der Waals surface area contributed by atoms with Crippen LogP contribution in [0.4, 0.5) is 24.7 Å². The van der Waals surface area contributed by atoms with Crippen molar-refractivity contribution in [2.45, 2.75) is 12.6 Å². The molecule has 134 valence electrons. The third kappa shape index (κ3) is 2.63. The highest BCUT2D eigenvalue weighted by molar-refractivity contribution is 5.81. The van der Waals surface area contributed by atoms with Crippen molar-refractivity contribution in [2.24, 2.45) is 0 Å². The Kier molecular flexibility index (Phi) is 3.57. The molecule has 0 spiro atoms. The number of nitrogens with zero attached hydrogens (tertiary/aromatic N) is 1.